The Morgan fingerprint density at radius 3 is 1.73 bits per heavy atom. The first kappa shape index (κ1) is 21.4. The fourth-order valence-corrected chi connectivity index (χ4v) is 7.41. The molecule has 1 aliphatic carbocycles. The van der Waals surface area contributed by atoms with E-state index in [4.69, 9.17) is 0 Å². The number of hydrogen-bond donors (Lipinski definition) is 0. The van der Waals surface area contributed by atoms with Gasteiger partial charge in [-0.25, -0.2) is 0 Å². The number of benzene rings is 4. The molecule has 1 nitrogen and oxygen atoms in total. The maximum atomic E-state index is 10.2. The first-order valence-corrected chi connectivity index (χ1v) is 13.0. The predicted octanol–water partition coefficient (Wildman–Crippen LogP) is 6.69. The highest BCUT2D eigenvalue weighted by Crippen LogP contribution is 2.46. The number of rotatable bonds is 6. The molecule has 2 unspecified atom stereocenters. The van der Waals surface area contributed by atoms with Crippen molar-refractivity contribution in [3.8, 4) is 6.07 Å². The van der Waals surface area contributed by atoms with Crippen LogP contribution in [0.2, 0.25) is 0 Å². The third kappa shape index (κ3) is 4.68. The quantitative estimate of drug-likeness (QED) is 0.305. The molecule has 0 bridgehead atoms. The molecule has 0 radical (unpaired) electrons. The Labute approximate surface area is 197 Å². The van der Waals surface area contributed by atoms with Crippen molar-refractivity contribution in [1.29, 1.82) is 5.26 Å². The first-order valence-electron chi connectivity index (χ1n) is 11.5. The zero-order chi connectivity index (χ0) is 22.5. The fraction of sp³-hybridized carbons (Fsp3) is 0.129. The van der Waals surface area contributed by atoms with Gasteiger partial charge in [0.1, 0.15) is 0 Å². The van der Waals surface area contributed by atoms with Crippen LogP contribution in [0.3, 0.4) is 0 Å². The molecule has 0 fully saturated rings. The zero-order valence-corrected chi connectivity index (χ0v) is 19.4. The standard InChI is InChI=1S/C31H26NP/c32-22-26-21-25(20-24-12-4-1-5-13-24)29-18-10-11-19-30(29)31(26)23-33(27-14-6-2-7-15-27)28-16-8-3-9-17-28/h1-19,21,25,31H,20,23H2. The molecule has 5 rings (SSSR count). The fourth-order valence-electron chi connectivity index (χ4n) is 4.86. The van der Waals surface area contributed by atoms with Crippen LogP contribution in [0.25, 0.3) is 0 Å². The molecule has 0 spiro atoms. The van der Waals surface area contributed by atoms with Crippen LogP contribution in [0.15, 0.2) is 127 Å². The lowest BCUT2D eigenvalue weighted by atomic mass is 9.76. The summed E-state index contributed by atoms with van der Waals surface area (Å²) in [6.07, 6.45) is 4.10. The van der Waals surface area contributed by atoms with Crippen LogP contribution in [-0.4, -0.2) is 6.16 Å². The van der Waals surface area contributed by atoms with Gasteiger partial charge < -0.3 is 0 Å². The Balaban J connectivity index is 1.54. The van der Waals surface area contributed by atoms with Crippen molar-refractivity contribution >= 4 is 18.5 Å². The van der Waals surface area contributed by atoms with Crippen LogP contribution in [0.4, 0.5) is 0 Å². The van der Waals surface area contributed by atoms with Gasteiger partial charge in [-0.15, -0.1) is 0 Å². The van der Waals surface area contributed by atoms with Crippen molar-refractivity contribution in [1.82, 2.24) is 0 Å². The van der Waals surface area contributed by atoms with E-state index in [9.17, 15) is 5.26 Å². The van der Waals surface area contributed by atoms with E-state index in [1.807, 2.05) is 0 Å². The first-order chi connectivity index (χ1) is 16.3. The second-order valence-electron chi connectivity index (χ2n) is 8.49. The van der Waals surface area contributed by atoms with Gasteiger partial charge in [0.25, 0.3) is 0 Å². The Hall–Kier alpha value is -3.46. The lowest BCUT2D eigenvalue weighted by molar-refractivity contribution is 0.755. The molecular formula is C31H26NP. The normalized spacial score (nSPS) is 17.2. The van der Waals surface area contributed by atoms with E-state index < -0.39 is 7.92 Å². The summed E-state index contributed by atoms with van der Waals surface area (Å²) in [4.78, 5) is 0. The van der Waals surface area contributed by atoms with Crippen molar-refractivity contribution in [3.05, 3.63) is 144 Å². The van der Waals surface area contributed by atoms with E-state index in [1.54, 1.807) is 0 Å². The van der Waals surface area contributed by atoms with Crippen molar-refractivity contribution in [2.75, 3.05) is 6.16 Å². The van der Waals surface area contributed by atoms with Gasteiger partial charge in [0.15, 0.2) is 0 Å². The van der Waals surface area contributed by atoms with Gasteiger partial charge in [0.05, 0.1) is 6.07 Å². The van der Waals surface area contributed by atoms with Crippen LogP contribution in [0, 0.1) is 11.3 Å². The maximum Gasteiger partial charge on any atom is 0.0950 e. The summed E-state index contributed by atoms with van der Waals surface area (Å²) in [5.41, 5.74) is 4.90. The summed E-state index contributed by atoms with van der Waals surface area (Å²) in [5.74, 6) is 0.346. The zero-order valence-electron chi connectivity index (χ0n) is 18.5. The van der Waals surface area contributed by atoms with Gasteiger partial charge in [-0.3, -0.25) is 0 Å². The molecule has 4 aromatic carbocycles. The smallest absolute Gasteiger partial charge is 0.0950 e. The lowest BCUT2D eigenvalue weighted by Gasteiger charge is -2.32. The largest absolute Gasteiger partial charge is 0.193 e. The maximum absolute atomic E-state index is 10.2. The Morgan fingerprint density at radius 1 is 0.636 bits per heavy atom. The summed E-state index contributed by atoms with van der Waals surface area (Å²) in [5, 5.41) is 12.9. The Kier molecular flexibility index (Phi) is 6.48. The molecule has 160 valence electrons. The van der Waals surface area contributed by atoms with E-state index in [1.165, 1.54) is 27.3 Å². The highest BCUT2D eigenvalue weighted by Gasteiger charge is 2.31. The van der Waals surface area contributed by atoms with Crippen LogP contribution in [0.1, 0.15) is 28.5 Å². The molecule has 0 saturated heterocycles. The molecule has 1 aliphatic rings. The van der Waals surface area contributed by atoms with E-state index in [2.05, 4.69) is 127 Å². The number of nitriles is 1. The summed E-state index contributed by atoms with van der Waals surface area (Å²) >= 11 is 0. The summed E-state index contributed by atoms with van der Waals surface area (Å²) in [6.45, 7) is 0. The molecule has 0 aromatic heterocycles. The molecule has 0 aliphatic heterocycles. The monoisotopic (exact) mass is 443 g/mol. The molecule has 0 N–H and O–H groups in total. The van der Waals surface area contributed by atoms with Gasteiger partial charge in [-0.1, -0.05) is 121 Å². The average molecular weight is 444 g/mol. The third-order valence-electron chi connectivity index (χ3n) is 6.46. The minimum atomic E-state index is -0.585. The Morgan fingerprint density at radius 2 is 1.15 bits per heavy atom. The van der Waals surface area contributed by atoms with Crippen molar-refractivity contribution < 1.29 is 0 Å². The molecule has 4 aromatic rings. The van der Waals surface area contributed by atoms with Gasteiger partial charge >= 0.3 is 0 Å². The summed E-state index contributed by atoms with van der Waals surface area (Å²) < 4.78 is 0. The Bertz CT molecular complexity index is 1230. The second kappa shape index (κ2) is 9.99. The van der Waals surface area contributed by atoms with Crippen LogP contribution >= 0.6 is 7.92 Å². The van der Waals surface area contributed by atoms with Crippen molar-refractivity contribution in [3.63, 3.8) is 0 Å². The second-order valence-corrected chi connectivity index (χ2v) is 10.7. The molecule has 33 heavy (non-hydrogen) atoms. The van der Waals surface area contributed by atoms with Gasteiger partial charge in [0.2, 0.25) is 0 Å². The molecule has 2 atom stereocenters. The topological polar surface area (TPSA) is 23.8 Å². The number of nitrogens with zero attached hydrogens (tertiary/aromatic N) is 1. The van der Waals surface area contributed by atoms with Crippen molar-refractivity contribution in [2.45, 2.75) is 18.3 Å². The molecule has 0 heterocycles. The van der Waals surface area contributed by atoms with Crippen LogP contribution < -0.4 is 10.6 Å². The van der Waals surface area contributed by atoms with Gasteiger partial charge in [-0.05, 0) is 47.8 Å². The van der Waals surface area contributed by atoms with E-state index in [0.717, 1.165) is 18.2 Å². The van der Waals surface area contributed by atoms with Crippen molar-refractivity contribution in [2.24, 2.45) is 0 Å². The van der Waals surface area contributed by atoms with E-state index >= 15 is 0 Å². The SMILES string of the molecule is N#CC1=CC(Cc2ccccc2)c2ccccc2C1CP(c1ccccc1)c1ccccc1. The third-order valence-corrected chi connectivity index (χ3v) is 9.03. The van der Waals surface area contributed by atoms with Crippen LogP contribution in [0.5, 0.6) is 0 Å². The highest BCUT2D eigenvalue weighted by molar-refractivity contribution is 7.73. The molecule has 2 heteroatoms. The van der Waals surface area contributed by atoms with E-state index in [0.29, 0.717) is 0 Å². The van der Waals surface area contributed by atoms with Crippen LogP contribution in [-0.2, 0) is 6.42 Å². The summed E-state index contributed by atoms with van der Waals surface area (Å²) in [7, 11) is -0.585. The predicted molar refractivity (Wildman–Crippen MR) is 140 cm³/mol. The minimum absolute atomic E-state index is 0.116. The summed E-state index contributed by atoms with van der Waals surface area (Å²) in [6, 6.07) is 43.5. The van der Waals surface area contributed by atoms with Gasteiger partial charge in [0, 0.05) is 17.4 Å². The highest BCUT2D eigenvalue weighted by atomic mass is 31.1. The van der Waals surface area contributed by atoms with E-state index in [-0.39, 0.29) is 11.8 Å². The van der Waals surface area contributed by atoms with Gasteiger partial charge in [-0.2, -0.15) is 5.26 Å². The number of allylic oxidation sites excluding steroid dienone is 2. The number of fused-ring (bicyclic) bond motifs is 1. The number of hydrogen-bond acceptors (Lipinski definition) is 1. The average Bonchev–Trinajstić information content (AvgIpc) is 2.89. The minimum Gasteiger partial charge on any atom is -0.193 e. The molecule has 0 amide bonds. The molecule has 0 saturated carbocycles. The molecular weight excluding hydrogens is 417 g/mol. The lowest BCUT2D eigenvalue weighted by Crippen LogP contribution is -2.22.